The van der Waals surface area contributed by atoms with Gasteiger partial charge in [-0.05, 0) is 36.2 Å². The average molecular weight is 317 g/mol. The SMILES string of the molecule is O=[N+]([O-])c1c(F)cccc1N1CCC(OCc2ccncc2)C1. The van der Waals surface area contributed by atoms with E-state index >= 15 is 0 Å². The first kappa shape index (κ1) is 15.4. The van der Waals surface area contributed by atoms with Crippen LogP contribution in [0.3, 0.4) is 0 Å². The summed E-state index contributed by atoms with van der Waals surface area (Å²) in [6.07, 6.45) is 4.12. The molecule has 0 bridgehead atoms. The van der Waals surface area contributed by atoms with Crippen LogP contribution in [0, 0.1) is 15.9 Å². The normalized spacial score (nSPS) is 17.4. The smallest absolute Gasteiger partial charge is 0.327 e. The van der Waals surface area contributed by atoms with Gasteiger partial charge in [-0.1, -0.05) is 6.07 Å². The zero-order chi connectivity index (χ0) is 16.2. The lowest BCUT2D eigenvalue weighted by atomic mass is 10.2. The van der Waals surface area contributed by atoms with E-state index in [9.17, 15) is 14.5 Å². The molecule has 0 spiro atoms. The van der Waals surface area contributed by atoms with E-state index in [1.165, 1.54) is 6.07 Å². The minimum atomic E-state index is -0.811. The van der Waals surface area contributed by atoms with Crippen LogP contribution in [-0.4, -0.2) is 29.1 Å². The number of hydrogen-bond donors (Lipinski definition) is 0. The number of benzene rings is 1. The Hall–Kier alpha value is -2.54. The second kappa shape index (κ2) is 6.70. The quantitative estimate of drug-likeness (QED) is 0.626. The number of hydrogen-bond acceptors (Lipinski definition) is 5. The third-order valence-electron chi connectivity index (χ3n) is 3.87. The summed E-state index contributed by atoms with van der Waals surface area (Å²) in [4.78, 5) is 16.2. The molecule has 0 saturated carbocycles. The van der Waals surface area contributed by atoms with E-state index in [-0.39, 0.29) is 6.10 Å². The number of rotatable bonds is 5. The minimum Gasteiger partial charge on any atom is -0.372 e. The van der Waals surface area contributed by atoms with Crippen LogP contribution >= 0.6 is 0 Å². The molecule has 0 aliphatic carbocycles. The Morgan fingerprint density at radius 2 is 2.13 bits per heavy atom. The number of nitro benzene ring substituents is 1. The highest BCUT2D eigenvalue weighted by molar-refractivity contribution is 5.64. The molecule has 0 N–H and O–H groups in total. The zero-order valence-electron chi connectivity index (χ0n) is 12.4. The molecule has 120 valence electrons. The fourth-order valence-corrected chi connectivity index (χ4v) is 2.72. The van der Waals surface area contributed by atoms with Crippen molar-refractivity contribution in [2.75, 3.05) is 18.0 Å². The summed E-state index contributed by atoms with van der Waals surface area (Å²) in [7, 11) is 0. The third kappa shape index (κ3) is 3.45. The molecule has 0 amide bonds. The number of aromatic nitrogens is 1. The van der Waals surface area contributed by atoms with Crippen LogP contribution in [0.1, 0.15) is 12.0 Å². The van der Waals surface area contributed by atoms with Crippen LogP contribution in [0.2, 0.25) is 0 Å². The van der Waals surface area contributed by atoms with E-state index in [0.717, 1.165) is 18.1 Å². The molecule has 1 aromatic heterocycles. The predicted octanol–water partition coefficient (Wildman–Crippen LogP) is 2.92. The van der Waals surface area contributed by atoms with Crippen molar-refractivity contribution in [3.05, 3.63) is 64.2 Å². The van der Waals surface area contributed by atoms with E-state index < -0.39 is 16.4 Å². The van der Waals surface area contributed by atoms with E-state index in [1.54, 1.807) is 23.4 Å². The highest BCUT2D eigenvalue weighted by Crippen LogP contribution is 2.33. The molecule has 1 atom stereocenters. The first-order valence-corrected chi connectivity index (χ1v) is 7.33. The number of nitrogens with zero attached hydrogens (tertiary/aromatic N) is 3. The molecule has 1 aliphatic rings. The summed E-state index contributed by atoms with van der Waals surface area (Å²) < 4.78 is 19.6. The largest absolute Gasteiger partial charge is 0.372 e. The van der Waals surface area contributed by atoms with Gasteiger partial charge in [-0.2, -0.15) is 4.39 Å². The molecule has 1 unspecified atom stereocenters. The summed E-state index contributed by atoms with van der Waals surface area (Å²) in [5.41, 5.74) is 0.863. The summed E-state index contributed by atoms with van der Waals surface area (Å²) in [5.74, 6) is -0.811. The van der Waals surface area contributed by atoms with Crippen LogP contribution in [0.15, 0.2) is 42.7 Å². The summed E-state index contributed by atoms with van der Waals surface area (Å²) in [6.45, 7) is 1.58. The van der Waals surface area contributed by atoms with E-state index in [4.69, 9.17) is 4.74 Å². The summed E-state index contributed by atoms with van der Waals surface area (Å²) in [6, 6.07) is 7.93. The molecular formula is C16H16FN3O3. The van der Waals surface area contributed by atoms with Crippen molar-refractivity contribution in [3.8, 4) is 0 Å². The molecular weight excluding hydrogens is 301 g/mol. The first-order chi connectivity index (χ1) is 11.1. The van der Waals surface area contributed by atoms with Gasteiger partial charge < -0.3 is 9.64 Å². The van der Waals surface area contributed by atoms with Crippen molar-refractivity contribution in [3.63, 3.8) is 0 Å². The molecule has 2 heterocycles. The lowest BCUT2D eigenvalue weighted by Crippen LogP contribution is -2.23. The lowest BCUT2D eigenvalue weighted by molar-refractivity contribution is -0.386. The number of pyridine rings is 1. The van der Waals surface area contributed by atoms with Gasteiger partial charge in [-0.25, -0.2) is 0 Å². The molecule has 23 heavy (non-hydrogen) atoms. The van der Waals surface area contributed by atoms with Crippen LogP contribution in [0.25, 0.3) is 0 Å². The van der Waals surface area contributed by atoms with Gasteiger partial charge in [-0.3, -0.25) is 15.1 Å². The van der Waals surface area contributed by atoms with Gasteiger partial charge in [0.1, 0.15) is 5.69 Å². The van der Waals surface area contributed by atoms with E-state index in [0.29, 0.717) is 25.4 Å². The Morgan fingerprint density at radius 3 is 2.87 bits per heavy atom. The fraction of sp³-hybridized carbons (Fsp3) is 0.312. The van der Waals surface area contributed by atoms with Gasteiger partial charge >= 0.3 is 5.69 Å². The standard InChI is InChI=1S/C16H16FN3O3/c17-14-2-1-3-15(16(14)20(21)22)19-9-6-13(10-19)23-11-12-4-7-18-8-5-12/h1-5,7-8,13H,6,9-11H2. The highest BCUT2D eigenvalue weighted by Gasteiger charge is 2.30. The van der Waals surface area contributed by atoms with Crippen LogP contribution in [0.5, 0.6) is 0 Å². The number of para-hydroxylation sites is 1. The molecule has 1 aromatic carbocycles. The molecule has 2 aromatic rings. The van der Waals surface area contributed by atoms with Gasteiger partial charge in [0.2, 0.25) is 5.82 Å². The summed E-state index contributed by atoms with van der Waals surface area (Å²) >= 11 is 0. The van der Waals surface area contributed by atoms with Crippen molar-refractivity contribution in [1.29, 1.82) is 0 Å². The Morgan fingerprint density at radius 1 is 1.35 bits per heavy atom. The fourth-order valence-electron chi connectivity index (χ4n) is 2.72. The molecule has 1 fully saturated rings. The number of halogens is 1. The average Bonchev–Trinajstić information content (AvgIpc) is 3.02. The molecule has 3 rings (SSSR count). The summed E-state index contributed by atoms with van der Waals surface area (Å²) in [5, 5.41) is 11.1. The van der Waals surface area contributed by atoms with Crippen molar-refractivity contribution in [2.45, 2.75) is 19.1 Å². The Balaban J connectivity index is 1.66. The van der Waals surface area contributed by atoms with Crippen molar-refractivity contribution >= 4 is 11.4 Å². The first-order valence-electron chi connectivity index (χ1n) is 7.33. The molecule has 1 saturated heterocycles. The second-order valence-corrected chi connectivity index (χ2v) is 5.39. The van der Waals surface area contributed by atoms with Gasteiger partial charge in [0.25, 0.3) is 0 Å². The number of ether oxygens (including phenoxy) is 1. The van der Waals surface area contributed by atoms with Crippen molar-refractivity contribution in [1.82, 2.24) is 4.98 Å². The lowest BCUT2D eigenvalue weighted by Gasteiger charge is -2.18. The maximum absolute atomic E-state index is 13.7. The van der Waals surface area contributed by atoms with Gasteiger partial charge in [-0.15, -0.1) is 0 Å². The Kier molecular flexibility index (Phi) is 4.47. The molecule has 6 nitrogen and oxygen atoms in total. The number of nitro groups is 1. The Bertz CT molecular complexity index is 696. The maximum atomic E-state index is 13.7. The number of anilines is 1. The van der Waals surface area contributed by atoms with Gasteiger partial charge in [0, 0.05) is 25.5 Å². The third-order valence-corrected chi connectivity index (χ3v) is 3.87. The van der Waals surface area contributed by atoms with E-state index in [2.05, 4.69) is 4.98 Å². The Labute approximate surface area is 132 Å². The minimum absolute atomic E-state index is 0.0361. The van der Waals surface area contributed by atoms with Gasteiger partial charge in [0.05, 0.1) is 17.6 Å². The van der Waals surface area contributed by atoms with Crippen LogP contribution in [-0.2, 0) is 11.3 Å². The van der Waals surface area contributed by atoms with Gasteiger partial charge in [0.15, 0.2) is 0 Å². The van der Waals surface area contributed by atoms with Crippen LogP contribution in [0.4, 0.5) is 15.8 Å². The molecule has 1 aliphatic heterocycles. The monoisotopic (exact) mass is 317 g/mol. The zero-order valence-corrected chi connectivity index (χ0v) is 12.4. The molecule has 0 radical (unpaired) electrons. The van der Waals surface area contributed by atoms with Crippen LogP contribution < -0.4 is 4.90 Å². The van der Waals surface area contributed by atoms with Crippen molar-refractivity contribution in [2.24, 2.45) is 0 Å². The second-order valence-electron chi connectivity index (χ2n) is 5.39. The topological polar surface area (TPSA) is 68.5 Å². The highest BCUT2D eigenvalue weighted by atomic mass is 19.1. The predicted molar refractivity (Wildman–Crippen MR) is 82.7 cm³/mol. The van der Waals surface area contributed by atoms with E-state index in [1.807, 2.05) is 12.1 Å². The maximum Gasteiger partial charge on any atom is 0.327 e. The molecule has 7 heteroatoms. The van der Waals surface area contributed by atoms with Crippen molar-refractivity contribution < 1.29 is 14.1 Å².